The highest BCUT2D eigenvalue weighted by Gasteiger charge is 2.09. The maximum Gasteiger partial charge on any atom is 0.153 e. The molecule has 0 spiro atoms. The topological polar surface area (TPSA) is 41.1 Å². The third-order valence-electron chi connectivity index (χ3n) is 1.20. The van der Waals surface area contributed by atoms with Crippen molar-refractivity contribution in [2.75, 3.05) is 0 Å². The van der Waals surface area contributed by atoms with Crippen LogP contribution in [-0.2, 0) is 0 Å². The molecule has 0 aliphatic heterocycles. The first-order chi connectivity index (χ1) is 5.20. The van der Waals surface area contributed by atoms with Gasteiger partial charge < -0.3 is 5.41 Å². The number of halogens is 2. The van der Waals surface area contributed by atoms with E-state index in [1.54, 1.807) is 0 Å². The van der Waals surface area contributed by atoms with E-state index in [0.717, 1.165) is 6.21 Å². The van der Waals surface area contributed by atoms with E-state index in [1.165, 1.54) is 10.7 Å². The van der Waals surface area contributed by atoms with Crippen LogP contribution in [0.15, 0.2) is 15.8 Å². The molecule has 0 aliphatic rings. The smallest absolute Gasteiger partial charge is 0.153 e. The van der Waals surface area contributed by atoms with Gasteiger partial charge in [-0.3, -0.25) is 0 Å². The Balaban J connectivity index is 3.39. The van der Waals surface area contributed by atoms with Gasteiger partial charge in [0.05, 0.1) is 0 Å². The zero-order valence-electron chi connectivity index (χ0n) is 5.51. The van der Waals surface area contributed by atoms with E-state index in [9.17, 15) is 4.39 Å². The molecule has 1 rings (SSSR count). The highest BCUT2D eigenvalue weighted by Crippen LogP contribution is 2.17. The Morgan fingerprint density at radius 1 is 1.82 bits per heavy atom. The van der Waals surface area contributed by atoms with Crippen molar-refractivity contribution in [2.45, 2.75) is 0 Å². The van der Waals surface area contributed by atoms with Crippen molar-refractivity contribution in [2.24, 2.45) is 5.10 Å². The number of hydrogen-bond acceptors (Lipinski definition) is 2. The highest BCUT2D eigenvalue weighted by atomic mass is 79.9. The SMILES string of the molecule is C=Nn1c(Br)cc(F)c1C=N. The monoisotopic (exact) mass is 217 g/mol. The van der Waals surface area contributed by atoms with Crippen molar-refractivity contribution in [1.82, 2.24) is 4.68 Å². The van der Waals surface area contributed by atoms with E-state index in [1.807, 2.05) is 0 Å². The lowest BCUT2D eigenvalue weighted by Crippen LogP contribution is -1.95. The van der Waals surface area contributed by atoms with Gasteiger partial charge in [-0.2, -0.15) is 5.10 Å². The lowest BCUT2D eigenvalue weighted by Gasteiger charge is -1.95. The highest BCUT2D eigenvalue weighted by molar-refractivity contribution is 9.10. The standard InChI is InChI=1S/C6H5BrFN3/c1-10-11-5(3-9)4(8)2-6(11)7/h2-3,9H,1H2. The molecule has 1 heterocycles. The molecule has 0 unspecified atom stereocenters. The van der Waals surface area contributed by atoms with E-state index in [0.29, 0.717) is 4.60 Å². The van der Waals surface area contributed by atoms with Crippen LogP contribution in [0.5, 0.6) is 0 Å². The van der Waals surface area contributed by atoms with Crippen LogP contribution in [-0.4, -0.2) is 17.6 Å². The largest absolute Gasteiger partial charge is 0.306 e. The third-order valence-corrected chi connectivity index (χ3v) is 1.76. The molecule has 0 radical (unpaired) electrons. The minimum absolute atomic E-state index is 0.0897. The molecule has 0 atom stereocenters. The molecule has 0 amide bonds. The van der Waals surface area contributed by atoms with Gasteiger partial charge in [0.25, 0.3) is 0 Å². The summed E-state index contributed by atoms with van der Waals surface area (Å²) < 4.78 is 14.4. The maximum absolute atomic E-state index is 12.8. The lowest BCUT2D eigenvalue weighted by atomic mass is 10.4. The fourth-order valence-corrected chi connectivity index (χ4v) is 1.23. The molecule has 1 aromatic heterocycles. The molecule has 0 saturated carbocycles. The summed E-state index contributed by atoms with van der Waals surface area (Å²) >= 11 is 3.05. The predicted molar refractivity (Wildman–Crippen MR) is 44.9 cm³/mol. The van der Waals surface area contributed by atoms with Gasteiger partial charge in [0.2, 0.25) is 0 Å². The van der Waals surface area contributed by atoms with Crippen molar-refractivity contribution in [1.29, 1.82) is 5.41 Å². The number of nitrogens with zero attached hydrogens (tertiary/aromatic N) is 2. The summed E-state index contributed by atoms with van der Waals surface area (Å²) in [5.41, 5.74) is 0.0897. The zero-order valence-corrected chi connectivity index (χ0v) is 7.10. The Bertz CT molecular complexity index is 277. The van der Waals surface area contributed by atoms with Crippen molar-refractivity contribution >= 4 is 28.9 Å². The van der Waals surface area contributed by atoms with Gasteiger partial charge in [0.15, 0.2) is 5.82 Å². The Labute approximate surface area is 71.2 Å². The molecule has 1 N–H and O–H groups in total. The van der Waals surface area contributed by atoms with Gasteiger partial charge in [-0.05, 0) is 15.9 Å². The van der Waals surface area contributed by atoms with Gasteiger partial charge >= 0.3 is 0 Å². The van der Waals surface area contributed by atoms with Crippen molar-refractivity contribution in [3.8, 4) is 0 Å². The summed E-state index contributed by atoms with van der Waals surface area (Å²) in [6.07, 6.45) is 0.884. The van der Waals surface area contributed by atoms with E-state index in [-0.39, 0.29) is 5.69 Å². The Hall–Kier alpha value is -0.970. The van der Waals surface area contributed by atoms with E-state index in [2.05, 4.69) is 27.7 Å². The second-order valence-corrected chi connectivity index (χ2v) is 2.61. The molecule has 1 aromatic rings. The Kier molecular flexibility index (Phi) is 2.19. The minimum atomic E-state index is -0.487. The number of nitrogens with one attached hydrogen (secondary N) is 1. The fraction of sp³-hybridized carbons (Fsp3) is 0. The average Bonchev–Trinajstić information content (AvgIpc) is 2.24. The first-order valence-corrected chi connectivity index (χ1v) is 3.54. The maximum atomic E-state index is 12.8. The summed E-state index contributed by atoms with van der Waals surface area (Å²) in [7, 11) is 0. The van der Waals surface area contributed by atoms with E-state index >= 15 is 0 Å². The molecule has 0 saturated heterocycles. The quantitative estimate of drug-likeness (QED) is 0.736. The Morgan fingerprint density at radius 3 is 2.82 bits per heavy atom. The molecule has 0 bridgehead atoms. The lowest BCUT2D eigenvalue weighted by molar-refractivity contribution is 0.621. The van der Waals surface area contributed by atoms with Crippen LogP contribution in [0.3, 0.4) is 0 Å². The number of rotatable bonds is 2. The summed E-state index contributed by atoms with van der Waals surface area (Å²) in [6.45, 7) is 3.23. The molecular weight excluding hydrogens is 213 g/mol. The van der Waals surface area contributed by atoms with Crippen LogP contribution in [0.25, 0.3) is 0 Å². The van der Waals surface area contributed by atoms with Gasteiger partial charge in [-0.1, -0.05) is 0 Å². The van der Waals surface area contributed by atoms with E-state index < -0.39 is 5.82 Å². The molecule has 11 heavy (non-hydrogen) atoms. The molecular formula is C6H5BrFN3. The van der Waals surface area contributed by atoms with Crippen LogP contribution in [0.4, 0.5) is 4.39 Å². The van der Waals surface area contributed by atoms with Crippen molar-refractivity contribution < 1.29 is 4.39 Å². The fourth-order valence-electron chi connectivity index (χ4n) is 0.730. The molecule has 0 aliphatic carbocycles. The number of hydrogen-bond donors (Lipinski definition) is 1. The first kappa shape index (κ1) is 8.13. The molecule has 0 fully saturated rings. The second kappa shape index (κ2) is 2.96. The summed E-state index contributed by atoms with van der Waals surface area (Å²) in [4.78, 5) is 0. The van der Waals surface area contributed by atoms with Gasteiger partial charge in [0.1, 0.15) is 10.3 Å². The molecule has 58 valence electrons. The van der Waals surface area contributed by atoms with Crippen LogP contribution < -0.4 is 0 Å². The minimum Gasteiger partial charge on any atom is -0.306 e. The molecule has 5 heteroatoms. The number of aromatic nitrogens is 1. The second-order valence-electron chi connectivity index (χ2n) is 1.80. The zero-order chi connectivity index (χ0) is 8.43. The Morgan fingerprint density at radius 2 is 2.45 bits per heavy atom. The van der Waals surface area contributed by atoms with Gasteiger partial charge in [-0.15, -0.1) is 0 Å². The van der Waals surface area contributed by atoms with Crippen LogP contribution in [0.1, 0.15) is 5.69 Å². The van der Waals surface area contributed by atoms with Crippen molar-refractivity contribution in [3.05, 3.63) is 22.2 Å². The van der Waals surface area contributed by atoms with Gasteiger partial charge in [-0.25, -0.2) is 9.07 Å². The first-order valence-electron chi connectivity index (χ1n) is 2.75. The average molecular weight is 218 g/mol. The van der Waals surface area contributed by atoms with Gasteiger partial charge in [0, 0.05) is 19.0 Å². The molecule has 3 nitrogen and oxygen atoms in total. The van der Waals surface area contributed by atoms with E-state index in [4.69, 9.17) is 5.41 Å². The molecule has 0 aromatic carbocycles. The summed E-state index contributed by atoms with van der Waals surface area (Å²) in [5, 5.41) is 10.3. The van der Waals surface area contributed by atoms with Crippen LogP contribution >= 0.6 is 15.9 Å². The summed E-state index contributed by atoms with van der Waals surface area (Å²) in [5.74, 6) is -0.487. The normalized spacial score (nSPS) is 9.64. The van der Waals surface area contributed by atoms with Crippen LogP contribution in [0.2, 0.25) is 0 Å². The van der Waals surface area contributed by atoms with Crippen LogP contribution in [0, 0.1) is 11.2 Å². The predicted octanol–water partition coefficient (Wildman–Crippen LogP) is 1.85. The summed E-state index contributed by atoms with van der Waals surface area (Å²) in [6, 6.07) is 1.23. The van der Waals surface area contributed by atoms with Crippen molar-refractivity contribution in [3.63, 3.8) is 0 Å². The third kappa shape index (κ3) is 1.23.